The summed E-state index contributed by atoms with van der Waals surface area (Å²) in [5.74, 6) is 0.980. The summed E-state index contributed by atoms with van der Waals surface area (Å²) in [6.45, 7) is 11.9. The van der Waals surface area contributed by atoms with Crippen LogP contribution in [0.3, 0.4) is 0 Å². The van der Waals surface area contributed by atoms with Gasteiger partial charge in [0.2, 0.25) is 5.91 Å². The third-order valence-corrected chi connectivity index (χ3v) is 4.09. The van der Waals surface area contributed by atoms with Gasteiger partial charge in [0.05, 0.1) is 23.9 Å². The van der Waals surface area contributed by atoms with Gasteiger partial charge in [0.15, 0.2) is 0 Å². The largest absolute Gasteiger partial charge is 0.393 e. The smallest absolute Gasteiger partial charge is 0.239 e. The fourth-order valence-corrected chi connectivity index (χ4v) is 2.89. The van der Waals surface area contributed by atoms with Gasteiger partial charge in [-0.3, -0.25) is 9.69 Å². The Balaban J connectivity index is 1.96. The highest BCUT2D eigenvalue weighted by Gasteiger charge is 2.27. The second-order valence-electron chi connectivity index (χ2n) is 7.33. The van der Waals surface area contributed by atoms with Crippen molar-refractivity contribution in [2.24, 2.45) is 5.92 Å². The average Bonchev–Trinajstić information content (AvgIpc) is 2.95. The van der Waals surface area contributed by atoms with Crippen LogP contribution in [-0.4, -0.2) is 51.4 Å². The van der Waals surface area contributed by atoms with Gasteiger partial charge in [0.1, 0.15) is 5.82 Å². The number of hydrogen-bond acceptors (Lipinski definition) is 4. The Labute approximate surface area is 132 Å². The summed E-state index contributed by atoms with van der Waals surface area (Å²) in [6.07, 6.45) is 0.641. The van der Waals surface area contributed by atoms with Crippen LogP contribution in [-0.2, 0) is 10.3 Å². The number of aryl methyl sites for hydroxylation is 1. The highest BCUT2D eigenvalue weighted by Crippen LogP contribution is 2.22. The van der Waals surface area contributed by atoms with Crippen molar-refractivity contribution < 1.29 is 9.90 Å². The minimum absolute atomic E-state index is 0.0309. The topological polar surface area (TPSA) is 70.4 Å². The third kappa shape index (κ3) is 4.08. The zero-order valence-corrected chi connectivity index (χ0v) is 14.3. The summed E-state index contributed by atoms with van der Waals surface area (Å²) < 4.78 is 1.85. The summed E-state index contributed by atoms with van der Waals surface area (Å²) in [7, 11) is 0. The van der Waals surface area contributed by atoms with Crippen molar-refractivity contribution in [1.29, 1.82) is 0 Å². The molecule has 6 nitrogen and oxygen atoms in total. The van der Waals surface area contributed by atoms with E-state index in [1.807, 2.05) is 24.6 Å². The van der Waals surface area contributed by atoms with Crippen LogP contribution >= 0.6 is 0 Å². The average molecular weight is 308 g/mol. The number of hydrogen-bond donors (Lipinski definition) is 2. The van der Waals surface area contributed by atoms with Gasteiger partial charge in [-0.25, -0.2) is 4.68 Å². The van der Waals surface area contributed by atoms with Crippen molar-refractivity contribution >= 4 is 11.7 Å². The molecule has 1 aromatic rings. The molecule has 2 heterocycles. The van der Waals surface area contributed by atoms with Gasteiger partial charge in [-0.05, 0) is 53.5 Å². The fraction of sp³-hybridized carbons (Fsp3) is 0.750. The number of aliphatic hydroxyl groups excluding tert-OH is 1. The summed E-state index contributed by atoms with van der Waals surface area (Å²) in [4.78, 5) is 14.4. The number of carbonyl (C=O) groups excluding carboxylic acids is 1. The Morgan fingerprint density at radius 2 is 2.23 bits per heavy atom. The van der Waals surface area contributed by atoms with Crippen LogP contribution < -0.4 is 5.32 Å². The molecule has 0 radical (unpaired) electrons. The van der Waals surface area contributed by atoms with E-state index in [-0.39, 0.29) is 23.5 Å². The van der Waals surface area contributed by atoms with Crippen molar-refractivity contribution in [3.05, 3.63) is 11.8 Å². The summed E-state index contributed by atoms with van der Waals surface area (Å²) in [6, 6.07) is 1.89. The molecule has 0 aliphatic carbocycles. The Kier molecular flexibility index (Phi) is 4.92. The van der Waals surface area contributed by atoms with Crippen molar-refractivity contribution in [2.75, 3.05) is 25.0 Å². The second-order valence-corrected chi connectivity index (χ2v) is 7.33. The molecule has 1 aliphatic rings. The lowest BCUT2D eigenvalue weighted by Gasteiger charge is -2.23. The first-order valence-corrected chi connectivity index (χ1v) is 7.94. The minimum atomic E-state index is -0.307. The van der Waals surface area contributed by atoms with Gasteiger partial charge in [0, 0.05) is 12.6 Å². The van der Waals surface area contributed by atoms with E-state index in [4.69, 9.17) is 0 Å². The number of likely N-dealkylation sites (tertiary alicyclic amines) is 1. The number of nitrogens with one attached hydrogen (secondary N) is 1. The predicted molar refractivity (Wildman–Crippen MR) is 86.8 cm³/mol. The first-order chi connectivity index (χ1) is 10.2. The maximum absolute atomic E-state index is 12.3. The van der Waals surface area contributed by atoms with Gasteiger partial charge in [-0.15, -0.1) is 0 Å². The first-order valence-electron chi connectivity index (χ1n) is 7.94. The molecule has 1 saturated heterocycles. The van der Waals surface area contributed by atoms with E-state index in [0.29, 0.717) is 6.54 Å². The molecule has 124 valence electrons. The van der Waals surface area contributed by atoms with E-state index in [1.54, 1.807) is 0 Å². The number of anilines is 1. The van der Waals surface area contributed by atoms with E-state index < -0.39 is 0 Å². The Morgan fingerprint density at radius 1 is 1.55 bits per heavy atom. The zero-order chi connectivity index (χ0) is 16.5. The molecule has 2 rings (SSSR count). The predicted octanol–water partition coefficient (Wildman–Crippen LogP) is 1.59. The Bertz CT molecular complexity index is 531. The number of rotatable bonds is 4. The standard InChI is InChI=1S/C16H28N4O2/c1-11-8-14(20(18-11)16(3,4)5)17-15(22)10-19-7-6-13(9-19)12(2)21/h8,12-13,21H,6-7,9-10H2,1-5H3,(H,17,22). The SMILES string of the molecule is Cc1cc(NC(=O)CN2CCC(C(C)O)C2)n(C(C)(C)C)n1. The molecular weight excluding hydrogens is 280 g/mol. The number of aromatic nitrogens is 2. The maximum Gasteiger partial charge on any atom is 0.239 e. The number of amides is 1. The molecule has 1 aromatic heterocycles. The Morgan fingerprint density at radius 3 is 2.77 bits per heavy atom. The van der Waals surface area contributed by atoms with Crippen molar-refractivity contribution in [3.63, 3.8) is 0 Å². The van der Waals surface area contributed by atoms with E-state index in [1.165, 1.54) is 0 Å². The van der Waals surface area contributed by atoms with Gasteiger partial charge < -0.3 is 10.4 Å². The summed E-state index contributed by atoms with van der Waals surface area (Å²) >= 11 is 0. The third-order valence-electron chi connectivity index (χ3n) is 4.09. The lowest BCUT2D eigenvalue weighted by Crippen LogP contribution is -2.34. The van der Waals surface area contributed by atoms with Crippen LogP contribution in [0.25, 0.3) is 0 Å². The Hall–Kier alpha value is -1.40. The van der Waals surface area contributed by atoms with Crippen LogP contribution in [0.5, 0.6) is 0 Å². The highest BCUT2D eigenvalue weighted by molar-refractivity contribution is 5.91. The highest BCUT2D eigenvalue weighted by atomic mass is 16.3. The van der Waals surface area contributed by atoms with Crippen molar-refractivity contribution in [3.8, 4) is 0 Å². The van der Waals surface area contributed by atoms with Crippen LogP contribution in [0.2, 0.25) is 0 Å². The number of carbonyl (C=O) groups is 1. The molecule has 0 saturated carbocycles. The van der Waals surface area contributed by atoms with E-state index >= 15 is 0 Å². The van der Waals surface area contributed by atoms with Crippen LogP contribution in [0.4, 0.5) is 5.82 Å². The minimum Gasteiger partial charge on any atom is -0.393 e. The molecule has 1 fully saturated rings. The molecule has 2 N–H and O–H groups in total. The van der Waals surface area contributed by atoms with Crippen LogP contribution in [0.15, 0.2) is 6.07 Å². The van der Waals surface area contributed by atoms with Gasteiger partial charge in [-0.2, -0.15) is 5.10 Å². The molecule has 0 aromatic carbocycles. The molecule has 1 amide bonds. The molecule has 2 unspecified atom stereocenters. The fourth-order valence-electron chi connectivity index (χ4n) is 2.89. The zero-order valence-electron chi connectivity index (χ0n) is 14.3. The maximum atomic E-state index is 12.3. The normalized spacial score (nSPS) is 21.1. The second kappa shape index (κ2) is 6.38. The lowest BCUT2D eigenvalue weighted by atomic mass is 10.0. The van der Waals surface area contributed by atoms with E-state index in [2.05, 4.69) is 36.1 Å². The van der Waals surface area contributed by atoms with Crippen LogP contribution in [0.1, 0.15) is 39.8 Å². The first kappa shape index (κ1) is 17.0. The summed E-state index contributed by atoms with van der Waals surface area (Å²) in [5.41, 5.74) is 0.711. The molecule has 0 bridgehead atoms. The summed E-state index contributed by atoms with van der Waals surface area (Å²) in [5, 5.41) is 17.1. The van der Waals surface area contributed by atoms with Crippen molar-refractivity contribution in [1.82, 2.24) is 14.7 Å². The number of aliphatic hydroxyl groups is 1. The van der Waals surface area contributed by atoms with Gasteiger partial charge in [0.25, 0.3) is 0 Å². The van der Waals surface area contributed by atoms with Crippen LogP contribution in [0, 0.1) is 12.8 Å². The quantitative estimate of drug-likeness (QED) is 0.886. The monoisotopic (exact) mass is 308 g/mol. The van der Waals surface area contributed by atoms with Gasteiger partial charge >= 0.3 is 0 Å². The molecule has 22 heavy (non-hydrogen) atoms. The molecule has 6 heteroatoms. The van der Waals surface area contributed by atoms with E-state index in [0.717, 1.165) is 31.0 Å². The van der Waals surface area contributed by atoms with E-state index in [9.17, 15) is 9.90 Å². The van der Waals surface area contributed by atoms with Crippen molar-refractivity contribution in [2.45, 2.75) is 52.7 Å². The lowest BCUT2D eigenvalue weighted by molar-refractivity contribution is -0.117. The van der Waals surface area contributed by atoms with Gasteiger partial charge in [-0.1, -0.05) is 0 Å². The molecule has 0 spiro atoms. The molecule has 2 atom stereocenters. The molecular formula is C16H28N4O2. The number of nitrogens with zero attached hydrogens (tertiary/aromatic N) is 3. The molecule has 1 aliphatic heterocycles.